The number of hydrogen-bond acceptors (Lipinski definition) is 7. The lowest BCUT2D eigenvalue weighted by molar-refractivity contribution is 0.380. The summed E-state index contributed by atoms with van der Waals surface area (Å²) in [5.74, 6) is 1.49. The molecule has 0 saturated heterocycles. The normalized spacial score (nSPS) is 10.3. The minimum absolute atomic E-state index is 0.237. The fraction of sp³-hybridized carbons (Fsp3) is 0.333. The van der Waals surface area contributed by atoms with E-state index in [1.807, 2.05) is 0 Å². The van der Waals surface area contributed by atoms with Crippen LogP contribution in [-0.4, -0.2) is 27.2 Å². The van der Waals surface area contributed by atoms with Crippen LogP contribution in [0, 0.1) is 6.92 Å². The monoisotopic (exact) mass is 255 g/mol. The topological polar surface area (TPSA) is 86.0 Å². The molecule has 0 saturated carbocycles. The van der Waals surface area contributed by atoms with Crippen molar-refractivity contribution in [2.75, 3.05) is 12.4 Å². The first-order valence-corrected chi connectivity index (χ1v) is 5.16. The molecule has 2 aromatic rings. The van der Waals surface area contributed by atoms with Crippen LogP contribution in [-0.2, 0) is 6.54 Å². The molecule has 8 heteroatoms. The van der Waals surface area contributed by atoms with Crippen molar-refractivity contribution in [3.63, 3.8) is 0 Å². The zero-order valence-electron chi connectivity index (χ0n) is 9.27. The van der Waals surface area contributed by atoms with E-state index in [4.69, 9.17) is 20.9 Å². The lowest BCUT2D eigenvalue weighted by Crippen LogP contribution is -2.05. The third-order valence-corrected chi connectivity index (χ3v) is 2.16. The first kappa shape index (κ1) is 11.6. The Balaban J connectivity index is 2.07. The van der Waals surface area contributed by atoms with Crippen molar-refractivity contribution < 1.29 is 9.26 Å². The zero-order chi connectivity index (χ0) is 12.3. The van der Waals surface area contributed by atoms with Gasteiger partial charge in [0.25, 0.3) is 0 Å². The summed E-state index contributed by atoms with van der Waals surface area (Å²) in [5.41, 5.74) is 0. The summed E-state index contributed by atoms with van der Waals surface area (Å²) in [7, 11) is 1.48. The van der Waals surface area contributed by atoms with Crippen molar-refractivity contribution in [2.24, 2.45) is 0 Å². The van der Waals surface area contributed by atoms with Gasteiger partial charge in [0, 0.05) is 6.92 Å². The Morgan fingerprint density at radius 3 is 2.94 bits per heavy atom. The summed E-state index contributed by atoms with van der Waals surface area (Å²) in [5, 5.41) is 7.10. The van der Waals surface area contributed by atoms with Gasteiger partial charge >= 0.3 is 6.01 Å². The molecule has 0 spiro atoms. The summed E-state index contributed by atoms with van der Waals surface area (Å²) < 4.78 is 9.73. The molecule has 0 aliphatic rings. The second kappa shape index (κ2) is 4.96. The van der Waals surface area contributed by atoms with Crippen LogP contribution < -0.4 is 10.1 Å². The average Bonchev–Trinajstić information content (AvgIpc) is 2.74. The molecule has 0 aliphatic carbocycles. The van der Waals surface area contributed by atoms with E-state index in [9.17, 15) is 0 Å². The summed E-state index contributed by atoms with van der Waals surface area (Å²) in [6, 6.07) is 0.237. The Morgan fingerprint density at radius 2 is 2.29 bits per heavy atom. The SMILES string of the molecule is COc1ncc(Cl)c(NCc2noc(C)n2)n1. The third kappa shape index (κ3) is 2.82. The van der Waals surface area contributed by atoms with Gasteiger partial charge < -0.3 is 14.6 Å². The van der Waals surface area contributed by atoms with Gasteiger partial charge in [-0.3, -0.25) is 0 Å². The molecule has 0 radical (unpaired) electrons. The molecular formula is C9H10ClN5O2. The largest absolute Gasteiger partial charge is 0.467 e. The lowest BCUT2D eigenvalue weighted by atomic mass is 10.5. The standard InChI is InChI=1S/C9H10ClN5O2/c1-5-13-7(15-17-5)4-11-8-6(10)3-12-9(14-8)16-2/h3H,4H2,1-2H3,(H,11,12,14). The Labute approximate surface area is 102 Å². The number of anilines is 1. The van der Waals surface area contributed by atoms with Crippen LogP contribution in [0.15, 0.2) is 10.7 Å². The van der Waals surface area contributed by atoms with Gasteiger partial charge in [-0.1, -0.05) is 16.8 Å². The molecular weight excluding hydrogens is 246 g/mol. The number of nitrogens with one attached hydrogen (secondary N) is 1. The number of ether oxygens (including phenoxy) is 1. The van der Waals surface area contributed by atoms with Crippen molar-refractivity contribution in [1.82, 2.24) is 20.1 Å². The fourth-order valence-corrected chi connectivity index (χ4v) is 1.31. The molecule has 1 N–H and O–H groups in total. The van der Waals surface area contributed by atoms with Crippen molar-refractivity contribution in [1.29, 1.82) is 0 Å². The van der Waals surface area contributed by atoms with E-state index in [0.717, 1.165) is 0 Å². The third-order valence-electron chi connectivity index (χ3n) is 1.89. The number of rotatable bonds is 4. The molecule has 17 heavy (non-hydrogen) atoms. The molecule has 2 aromatic heterocycles. The summed E-state index contributed by atoms with van der Waals surface area (Å²) >= 11 is 5.92. The molecule has 0 aliphatic heterocycles. The van der Waals surface area contributed by atoms with Crippen molar-refractivity contribution in [2.45, 2.75) is 13.5 Å². The van der Waals surface area contributed by atoms with Crippen LogP contribution in [0.5, 0.6) is 6.01 Å². The van der Waals surface area contributed by atoms with E-state index in [1.54, 1.807) is 6.92 Å². The second-order valence-corrected chi connectivity index (χ2v) is 3.54. The maximum absolute atomic E-state index is 5.92. The Kier molecular flexibility index (Phi) is 3.38. The van der Waals surface area contributed by atoms with Crippen LogP contribution in [0.1, 0.15) is 11.7 Å². The summed E-state index contributed by atoms with van der Waals surface area (Å²) in [6.07, 6.45) is 1.46. The smallest absolute Gasteiger partial charge is 0.318 e. The Morgan fingerprint density at radius 1 is 1.47 bits per heavy atom. The van der Waals surface area contributed by atoms with Crippen molar-refractivity contribution in [3.05, 3.63) is 22.9 Å². The molecule has 0 amide bonds. The lowest BCUT2D eigenvalue weighted by Gasteiger charge is -2.05. The first-order valence-electron chi connectivity index (χ1n) is 4.78. The Bertz CT molecular complexity index is 516. The van der Waals surface area contributed by atoms with E-state index in [0.29, 0.717) is 29.1 Å². The van der Waals surface area contributed by atoms with E-state index in [-0.39, 0.29) is 6.01 Å². The minimum atomic E-state index is 0.237. The van der Waals surface area contributed by atoms with Crippen LogP contribution in [0.3, 0.4) is 0 Å². The molecule has 2 heterocycles. The molecule has 7 nitrogen and oxygen atoms in total. The number of aromatic nitrogens is 4. The number of hydrogen-bond donors (Lipinski definition) is 1. The zero-order valence-corrected chi connectivity index (χ0v) is 10.0. The highest BCUT2D eigenvalue weighted by Crippen LogP contribution is 2.20. The van der Waals surface area contributed by atoms with Crippen LogP contribution >= 0.6 is 11.6 Å². The predicted octanol–water partition coefficient (Wildman–Crippen LogP) is 1.44. The van der Waals surface area contributed by atoms with Gasteiger partial charge in [0.1, 0.15) is 5.02 Å². The maximum Gasteiger partial charge on any atom is 0.318 e. The van der Waals surface area contributed by atoms with Crippen LogP contribution in [0.4, 0.5) is 5.82 Å². The number of nitrogens with zero attached hydrogens (tertiary/aromatic N) is 4. The van der Waals surface area contributed by atoms with Gasteiger partial charge in [0.05, 0.1) is 19.9 Å². The van der Waals surface area contributed by atoms with Gasteiger partial charge in [-0.05, 0) is 0 Å². The quantitative estimate of drug-likeness (QED) is 0.885. The number of aryl methyl sites for hydroxylation is 1. The van der Waals surface area contributed by atoms with Crippen LogP contribution in [0.25, 0.3) is 0 Å². The molecule has 2 rings (SSSR count). The number of methoxy groups -OCH3 is 1. The van der Waals surface area contributed by atoms with E-state index in [2.05, 4.69) is 25.4 Å². The van der Waals surface area contributed by atoms with Gasteiger partial charge in [-0.25, -0.2) is 4.98 Å². The Hall–Kier alpha value is -1.89. The van der Waals surface area contributed by atoms with Gasteiger partial charge in [-0.2, -0.15) is 9.97 Å². The van der Waals surface area contributed by atoms with Gasteiger partial charge in [0.2, 0.25) is 5.89 Å². The molecule has 90 valence electrons. The van der Waals surface area contributed by atoms with E-state index >= 15 is 0 Å². The van der Waals surface area contributed by atoms with Gasteiger partial charge in [-0.15, -0.1) is 0 Å². The van der Waals surface area contributed by atoms with Gasteiger partial charge in [0.15, 0.2) is 11.6 Å². The molecule has 0 fully saturated rings. The highest BCUT2D eigenvalue weighted by atomic mass is 35.5. The molecule has 0 unspecified atom stereocenters. The summed E-state index contributed by atoms with van der Waals surface area (Å²) in [6.45, 7) is 2.08. The highest BCUT2D eigenvalue weighted by molar-refractivity contribution is 6.32. The minimum Gasteiger partial charge on any atom is -0.467 e. The fourth-order valence-electron chi connectivity index (χ4n) is 1.15. The number of halogens is 1. The van der Waals surface area contributed by atoms with Crippen molar-refractivity contribution in [3.8, 4) is 6.01 Å². The van der Waals surface area contributed by atoms with E-state index in [1.165, 1.54) is 13.3 Å². The maximum atomic E-state index is 5.92. The van der Waals surface area contributed by atoms with E-state index < -0.39 is 0 Å². The summed E-state index contributed by atoms with van der Waals surface area (Å²) in [4.78, 5) is 12.0. The molecule has 0 aromatic carbocycles. The molecule has 0 bridgehead atoms. The second-order valence-electron chi connectivity index (χ2n) is 3.14. The predicted molar refractivity (Wildman–Crippen MR) is 60.0 cm³/mol. The highest BCUT2D eigenvalue weighted by Gasteiger charge is 2.07. The average molecular weight is 256 g/mol. The van der Waals surface area contributed by atoms with Crippen molar-refractivity contribution >= 4 is 17.4 Å². The molecule has 0 atom stereocenters. The van der Waals surface area contributed by atoms with Crippen LogP contribution in [0.2, 0.25) is 5.02 Å². The first-order chi connectivity index (χ1) is 8.19.